The quantitative estimate of drug-likeness (QED) is 0.602. The number of hydrogen-bond acceptors (Lipinski definition) is 4. The predicted molar refractivity (Wildman–Crippen MR) is 125 cm³/mol. The van der Waals surface area contributed by atoms with E-state index in [-0.39, 0.29) is 24.5 Å². The molecule has 1 unspecified atom stereocenters. The van der Waals surface area contributed by atoms with E-state index in [2.05, 4.69) is 5.32 Å². The highest BCUT2D eigenvalue weighted by molar-refractivity contribution is 5.88. The van der Waals surface area contributed by atoms with Crippen molar-refractivity contribution in [3.05, 3.63) is 59.7 Å². The lowest BCUT2D eigenvalue weighted by atomic mass is 10.1. The molecule has 0 saturated heterocycles. The van der Waals surface area contributed by atoms with Crippen molar-refractivity contribution < 1.29 is 19.1 Å². The fourth-order valence-corrected chi connectivity index (χ4v) is 4.19. The third-order valence-electron chi connectivity index (χ3n) is 5.94. The number of carbonyl (C=O) groups is 2. The fraction of sp³-hybridized carbons (Fsp3) is 0.462. The summed E-state index contributed by atoms with van der Waals surface area (Å²) in [6, 6.07) is 14.8. The first-order valence-electron chi connectivity index (χ1n) is 11.4. The molecule has 172 valence electrons. The zero-order chi connectivity index (χ0) is 22.9. The van der Waals surface area contributed by atoms with Gasteiger partial charge in [-0.1, -0.05) is 49.6 Å². The van der Waals surface area contributed by atoms with Crippen LogP contribution in [0.2, 0.25) is 0 Å². The largest absolute Gasteiger partial charge is 0.497 e. The van der Waals surface area contributed by atoms with Gasteiger partial charge < -0.3 is 19.7 Å². The summed E-state index contributed by atoms with van der Waals surface area (Å²) in [7, 11) is 1.60. The predicted octanol–water partition coefficient (Wildman–Crippen LogP) is 4.25. The molecule has 0 spiro atoms. The Hall–Kier alpha value is -3.02. The molecule has 1 atom stereocenters. The number of benzene rings is 2. The number of carbonyl (C=O) groups excluding carboxylic acids is 2. The van der Waals surface area contributed by atoms with Crippen LogP contribution in [-0.4, -0.2) is 42.5 Å². The highest BCUT2D eigenvalue weighted by Crippen LogP contribution is 2.20. The Bertz CT molecular complexity index is 891. The summed E-state index contributed by atoms with van der Waals surface area (Å²) >= 11 is 0. The highest BCUT2D eigenvalue weighted by Gasteiger charge is 2.30. The van der Waals surface area contributed by atoms with Gasteiger partial charge in [-0.05, 0) is 56.0 Å². The Labute approximate surface area is 190 Å². The zero-order valence-electron chi connectivity index (χ0n) is 19.3. The topological polar surface area (TPSA) is 67.9 Å². The second kappa shape index (κ2) is 11.6. The standard InChI is InChI=1S/C26H34N2O4/c1-4-24(26(30)27-21-10-5-6-11-21)28(17-20-9-7-8-19(2)16-20)25(29)18-32-23-14-12-22(31-3)13-15-23/h7-9,12-16,21,24H,4-6,10-11,17-18H2,1-3H3,(H,27,30). The Balaban J connectivity index is 1.74. The Morgan fingerprint density at radius 3 is 2.41 bits per heavy atom. The average Bonchev–Trinajstić information content (AvgIpc) is 3.30. The van der Waals surface area contributed by atoms with E-state index in [4.69, 9.17) is 9.47 Å². The number of nitrogens with zero attached hydrogens (tertiary/aromatic N) is 1. The summed E-state index contributed by atoms with van der Waals surface area (Å²) < 4.78 is 10.9. The first-order chi connectivity index (χ1) is 15.5. The van der Waals surface area contributed by atoms with Crippen LogP contribution >= 0.6 is 0 Å². The van der Waals surface area contributed by atoms with Crippen molar-refractivity contribution in [3.8, 4) is 11.5 Å². The van der Waals surface area contributed by atoms with Gasteiger partial charge in [-0.25, -0.2) is 0 Å². The lowest BCUT2D eigenvalue weighted by Crippen LogP contribution is -2.52. The summed E-state index contributed by atoms with van der Waals surface area (Å²) in [4.78, 5) is 28.0. The lowest BCUT2D eigenvalue weighted by Gasteiger charge is -2.31. The van der Waals surface area contributed by atoms with Crippen molar-refractivity contribution in [2.75, 3.05) is 13.7 Å². The van der Waals surface area contributed by atoms with Gasteiger partial charge >= 0.3 is 0 Å². The van der Waals surface area contributed by atoms with Gasteiger partial charge in [-0.3, -0.25) is 9.59 Å². The van der Waals surface area contributed by atoms with Gasteiger partial charge in [-0.15, -0.1) is 0 Å². The van der Waals surface area contributed by atoms with Crippen LogP contribution in [0, 0.1) is 6.92 Å². The molecule has 1 N–H and O–H groups in total. The molecule has 1 aliphatic rings. The molecule has 0 aromatic heterocycles. The molecular weight excluding hydrogens is 404 g/mol. The third-order valence-corrected chi connectivity index (χ3v) is 5.94. The summed E-state index contributed by atoms with van der Waals surface area (Å²) in [6.07, 6.45) is 4.84. The maximum Gasteiger partial charge on any atom is 0.261 e. The minimum Gasteiger partial charge on any atom is -0.497 e. The van der Waals surface area contributed by atoms with Gasteiger partial charge in [0.05, 0.1) is 7.11 Å². The van der Waals surface area contributed by atoms with E-state index in [1.54, 1.807) is 36.3 Å². The average molecular weight is 439 g/mol. The van der Waals surface area contributed by atoms with Crippen molar-refractivity contribution in [3.63, 3.8) is 0 Å². The number of rotatable bonds is 10. The Kier molecular flexibility index (Phi) is 8.54. The second-order valence-electron chi connectivity index (χ2n) is 8.39. The summed E-state index contributed by atoms with van der Waals surface area (Å²) in [5, 5.41) is 3.16. The van der Waals surface area contributed by atoms with E-state index >= 15 is 0 Å². The van der Waals surface area contributed by atoms with Crippen LogP contribution < -0.4 is 14.8 Å². The van der Waals surface area contributed by atoms with E-state index in [0.717, 1.165) is 42.6 Å². The number of hydrogen-bond donors (Lipinski definition) is 1. The number of methoxy groups -OCH3 is 1. The van der Waals surface area contributed by atoms with Crippen molar-refractivity contribution in [2.24, 2.45) is 0 Å². The third kappa shape index (κ3) is 6.49. The van der Waals surface area contributed by atoms with E-state index in [9.17, 15) is 9.59 Å². The van der Waals surface area contributed by atoms with Crippen molar-refractivity contribution in [1.82, 2.24) is 10.2 Å². The fourth-order valence-electron chi connectivity index (χ4n) is 4.19. The van der Waals surface area contributed by atoms with E-state index < -0.39 is 6.04 Å². The second-order valence-corrected chi connectivity index (χ2v) is 8.39. The smallest absolute Gasteiger partial charge is 0.261 e. The highest BCUT2D eigenvalue weighted by atomic mass is 16.5. The molecule has 2 aromatic rings. The SMILES string of the molecule is CCC(C(=O)NC1CCCC1)N(Cc1cccc(C)c1)C(=O)COc1ccc(OC)cc1. The Morgan fingerprint density at radius 1 is 1.09 bits per heavy atom. The van der Waals surface area contributed by atoms with Crippen molar-refractivity contribution >= 4 is 11.8 Å². The Morgan fingerprint density at radius 2 is 1.78 bits per heavy atom. The lowest BCUT2D eigenvalue weighted by molar-refractivity contribution is -0.143. The van der Waals surface area contributed by atoms with Crippen molar-refractivity contribution in [2.45, 2.75) is 64.6 Å². The normalized spacial score (nSPS) is 14.6. The molecule has 0 aliphatic heterocycles. The molecule has 1 aliphatic carbocycles. The van der Waals surface area contributed by atoms with Crippen LogP contribution in [0.3, 0.4) is 0 Å². The van der Waals surface area contributed by atoms with Gasteiger partial charge in [0.2, 0.25) is 5.91 Å². The monoisotopic (exact) mass is 438 g/mol. The molecule has 2 amide bonds. The van der Waals surface area contributed by atoms with E-state index in [0.29, 0.717) is 18.7 Å². The molecular formula is C26H34N2O4. The van der Waals surface area contributed by atoms with Crippen LogP contribution in [-0.2, 0) is 16.1 Å². The van der Waals surface area contributed by atoms with Gasteiger partial charge in [0.15, 0.2) is 6.61 Å². The van der Waals surface area contributed by atoms with Crippen LogP contribution in [0.1, 0.15) is 50.2 Å². The zero-order valence-corrected chi connectivity index (χ0v) is 19.3. The van der Waals surface area contributed by atoms with Gasteiger partial charge in [0.25, 0.3) is 5.91 Å². The molecule has 0 heterocycles. The first kappa shape index (κ1) is 23.6. The minimum atomic E-state index is -0.539. The maximum atomic E-state index is 13.3. The van der Waals surface area contributed by atoms with Crippen LogP contribution in [0.4, 0.5) is 0 Å². The summed E-state index contributed by atoms with van der Waals surface area (Å²) in [5.74, 6) is 1.01. The van der Waals surface area contributed by atoms with Crippen LogP contribution in [0.15, 0.2) is 48.5 Å². The van der Waals surface area contributed by atoms with E-state index in [1.807, 2.05) is 38.1 Å². The van der Waals surface area contributed by atoms with Gasteiger partial charge in [0.1, 0.15) is 17.5 Å². The van der Waals surface area contributed by atoms with E-state index in [1.165, 1.54) is 0 Å². The van der Waals surface area contributed by atoms with Gasteiger partial charge in [-0.2, -0.15) is 0 Å². The molecule has 3 rings (SSSR count). The summed E-state index contributed by atoms with van der Waals surface area (Å²) in [6.45, 7) is 4.20. The molecule has 6 heteroatoms. The molecule has 2 aromatic carbocycles. The number of ether oxygens (including phenoxy) is 2. The van der Waals surface area contributed by atoms with Crippen molar-refractivity contribution in [1.29, 1.82) is 0 Å². The van der Waals surface area contributed by atoms with Crippen LogP contribution in [0.5, 0.6) is 11.5 Å². The first-order valence-corrected chi connectivity index (χ1v) is 11.4. The maximum absolute atomic E-state index is 13.3. The van der Waals surface area contributed by atoms with Gasteiger partial charge in [0, 0.05) is 12.6 Å². The molecule has 6 nitrogen and oxygen atoms in total. The molecule has 1 saturated carbocycles. The number of nitrogens with one attached hydrogen (secondary N) is 1. The molecule has 0 radical (unpaired) electrons. The molecule has 1 fully saturated rings. The minimum absolute atomic E-state index is 0.0788. The number of aryl methyl sites for hydroxylation is 1. The molecule has 0 bridgehead atoms. The molecule has 32 heavy (non-hydrogen) atoms. The summed E-state index contributed by atoms with van der Waals surface area (Å²) in [5.41, 5.74) is 2.11. The number of amides is 2. The van der Waals surface area contributed by atoms with Crippen LogP contribution in [0.25, 0.3) is 0 Å².